The highest BCUT2D eigenvalue weighted by Crippen LogP contribution is 2.33. The number of hydrogen-bond acceptors (Lipinski definition) is 3. The van der Waals surface area contributed by atoms with E-state index < -0.39 is 0 Å². The van der Waals surface area contributed by atoms with Crippen LogP contribution in [0.1, 0.15) is 52.2 Å². The maximum atomic E-state index is 12.7. The molecular formula is C17H24N2O2S. The Balaban J connectivity index is 1.73. The number of carbonyl (C=O) groups excluding carboxylic acids is 2. The number of carbonyl (C=O) groups is 2. The van der Waals surface area contributed by atoms with Crippen LogP contribution in [0.5, 0.6) is 0 Å². The standard InChI is InChI=1S/C17H24N2O2S/c1-18-16(20)12-6-7-14-13(10-12)11-15(22-14)17(21)19-8-4-2-3-5-9-19/h11-12H,2-10H2,1H3,(H,18,20)/t12-/m1/s1. The van der Waals surface area contributed by atoms with Gasteiger partial charge in [0.15, 0.2) is 0 Å². The van der Waals surface area contributed by atoms with E-state index in [9.17, 15) is 9.59 Å². The van der Waals surface area contributed by atoms with Crippen LogP contribution in [0.15, 0.2) is 6.07 Å². The summed E-state index contributed by atoms with van der Waals surface area (Å²) in [5.74, 6) is 0.378. The number of hydrogen-bond donors (Lipinski definition) is 1. The monoisotopic (exact) mass is 320 g/mol. The third kappa shape index (κ3) is 3.19. The fourth-order valence-electron chi connectivity index (χ4n) is 3.49. The Hall–Kier alpha value is -1.36. The second-order valence-corrected chi connectivity index (χ2v) is 7.46. The number of likely N-dealkylation sites (tertiary alicyclic amines) is 1. The lowest BCUT2D eigenvalue weighted by atomic mass is 9.88. The van der Waals surface area contributed by atoms with E-state index in [0.29, 0.717) is 0 Å². The summed E-state index contributed by atoms with van der Waals surface area (Å²) in [6.45, 7) is 1.78. The van der Waals surface area contributed by atoms with Gasteiger partial charge in [0.2, 0.25) is 5.91 Å². The van der Waals surface area contributed by atoms with E-state index in [0.717, 1.165) is 50.1 Å². The molecule has 2 amide bonds. The Bertz CT molecular complexity index is 559. The van der Waals surface area contributed by atoms with Gasteiger partial charge in [-0.2, -0.15) is 0 Å². The molecule has 1 aliphatic carbocycles. The van der Waals surface area contributed by atoms with Gasteiger partial charge in [0.25, 0.3) is 5.91 Å². The largest absolute Gasteiger partial charge is 0.359 e. The minimum atomic E-state index is 0.0632. The normalized spacial score (nSPS) is 21.9. The van der Waals surface area contributed by atoms with Crippen molar-refractivity contribution in [2.24, 2.45) is 5.92 Å². The van der Waals surface area contributed by atoms with Crippen LogP contribution in [0, 0.1) is 5.92 Å². The highest BCUT2D eigenvalue weighted by atomic mass is 32.1. The molecule has 1 atom stereocenters. The van der Waals surface area contributed by atoms with E-state index in [1.54, 1.807) is 18.4 Å². The molecule has 1 fully saturated rings. The minimum absolute atomic E-state index is 0.0632. The number of amides is 2. The molecule has 1 saturated heterocycles. The van der Waals surface area contributed by atoms with Crippen molar-refractivity contribution in [3.63, 3.8) is 0 Å². The van der Waals surface area contributed by atoms with Gasteiger partial charge in [-0.25, -0.2) is 0 Å². The molecule has 120 valence electrons. The zero-order valence-electron chi connectivity index (χ0n) is 13.2. The maximum Gasteiger partial charge on any atom is 0.263 e. The van der Waals surface area contributed by atoms with Gasteiger partial charge in [-0.15, -0.1) is 11.3 Å². The summed E-state index contributed by atoms with van der Waals surface area (Å²) in [5.41, 5.74) is 1.21. The van der Waals surface area contributed by atoms with Crippen LogP contribution in [0.3, 0.4) is 0 Å². The van der Waals surface area contributed by atoms with Crippen molar-refractivity contribution >= 4 is 23.2 Å². The van der Waals surface area contributed by atoms with Crippen LogP contribution in [0.2, 0.25) is 0 Å². The molecule has 1 aliphatic heterocycles. The fraction of sp³-hybridized carbons (Fsp3) is 0.647. The van der Waals surface area contributed by atoms with Gasteiger partial charge >= 0.3 is 0 Å². The van der Waals surface area contributed by atoms with E-state index in [-0.39, 0.29) is 17.7 Å². The van der Waals surface area contributed by atoms with Crippen molar-refractivity contribution in [1.29, 1.82) is 0 Å². The number of aryl methyl sites for hydroxylation is 1. The zero-order valence-corrected chi connectivity index (χ0v) is 14.0. The SMILES string of the molecule is CNC(=O)[C@@H]1CCc2sc(C(=O)N3CCCCCC3)cc2C1. The van der Waals surface area contributed by atoms with Crippen molar-refractivity contribution in [2.45, 2.75) is 44.9 Å². The molecule has 5 heteroatoms. The highest BCUT2D eigenvalue weighted by Gasteiger charge is 2.28. The molecule has 4 nitrogen and oxygen atoms in total. The molecule has 0 aromatic carbocycles. The van der Waals surface area contributed by atoms with Crippen LogP contribution in [-0.2, 0) is 17.6 Å². The van der Waals surface area contributed by atoms with Crippen molar-refractivity contribution in [3.05, 3.63) is 21.4 Å². The Kier molecular flexibility index (Phi) is 4.81. The molecular weight excluding hydrogens is 296 g/mol. The molecule has 2 aliphatic rings. The summed E-state index contributed by atoms with van der Waals surface area (Å²) in [5, 5.41) is 2.74. The number of nitrogens with zero attached hydrogens (tertiary/aromatic N) is 1. The fourth-order valence-corrected chi connectivity index (χ4v) is 4.66. The molecule has 0 unspecified atom stereocenters. The Labute approximate surface area is 135 Å². The van der Waals surface area contributed by atoms with Gasteiger partial charge in [-0.05, 0) is 43.7 Å². The Morgan fingerprint density at radius 2 is 1.95 bits per heavy atom. The number of fused-ring (bicyclic) bond motifs is 1. The van der Waals surface area contributed by atoms with Gasteiger partial charge in [-0.3, -0.25) is 9.59 Å². The molecule has 3 rings (SSSR count). The molecule has 0 bridgehead atoms. The highest BCUT2D eigenvalue weighted by molar-refractivity contribution is 7.14. The van der Waals surface area contributed by atoms with Crippen molar-refractivity contribution in [3.8, 4) is 0 Å². The van der Waals surface area contributed by atoms with E-state index in [4.69, 9.17) is 0 Å². The lowest BCUT2D eigenvalue weighted by molar-refractivity contribution is -0.124. The van der Waals surface area contributed by atoms with Gasteiger partial charge in [-0.1, -0.05) is 12.8 Å². The van der Waals surface area contributed by atoms with E-state index in [1.165, 1.54) is 23.3 Å². The maximum absolute atomic E-state index is 12.7. The molecule has 1 N–H and O–H groups in total. The second kappa shape index (κ2) is 6.82. The van der Waals surface area contributed by atoms with Crippen molar-refractivity contribution < 1.29 is 9.59 Å². The van der Waals surface area contributed by atoms with Crippen LogP contribution in [-0.4, -0.2) is 36.9 Å². The topological polar surface area (TPSA) is 49.4 Å². The Morgan fingerprint density at radius 3 is 2.64 bits per heavy atom. The van der Waals surface area contributed by atoms with E-state index in [2.05, 4.69) is 5.32 Å². The van der Waals surface area contributed by atoms with E-state index in [1.807, 2.05) is 11.0 Å². The van der Waals surface area contributed by atoms with Gasteiger partial charge in [0.1, 0.15) is 0 Å². The molecule has 0 spiro atoms. The molecule has 0 saturated carbocycles. The smallest absolute Gasteiger partial charge is 0.263 e. The molecule has 0 radical (unpaired) electrons. The van der Waals surface area contributed by atoms with Crippen LogP contribution in [0.4, 0.5) is 0 Å². The Morgan fingerprint density at radius 1 is 1.23 bits per heavy atom. The van der Waals surface area contributed by atoms with Gasteiger partial charge < -0.3 is 10.2 Å². The predicted octanol–water partition coefficient (Wildman–Crippen LogP) is 2.62. The molecule has 1 aromatic heterocycles. The summed E-state index contributed by atoms with van der Waals surface area (Å²) < 4.78 is 0. The first-order valence-corrected chi connectivity index (χ1v) is 9.13. The summed E-state index contributed by atoms with van der Waals surface area (Å²) in [7, 11) is 1.69. The third-order valence-electron chi connectivity index (χ3n) is 4.80. The van der Waals surface area contributed by atoms with Crippen LogP contribution < -0.4 is 5.32 Å². The molecule has 2 heterocycles. The van der Waals surface area contributed by atoms with Crippen LogP contribution in [0.25, 0.3) is 0 Å². The van der Waals surface area contributed by atoms with Crippen molar-refractivity contribution in [1.82, 2.24) is 10.2 Å². The number of thiophene rings is 1. The average Bonchev–Trinajstić information content (AvgIpc) is 2.78. The average molecular weight is 320 g/mol. The van der Waals surface area contributed by atoms with Gasteiger partial charge in [0.05, 0.1) is 4.88 Å². The summed E-state index contributed by atoms with van der Waals surface area (Å²) in [6, 6.07) is 2.04. The minimum Gasteiger partial charge on any atom is -0.359 e. The zero-order chi connectivity index (χ0) is 15.5. The van der Waals surface area contributed by atoms with Crippen molar-refractivity contribution in [2.75, 3.05) is 20.1 Å². The summed E-state index contributed by atoms with van der Waals surface area (Å²) in [4.78, 5) is 28.7. The number of rotatable bonds is 2. The number of nitrogens with one attached hydrogen (secondary N) is 1. The lowest BCUT2D eigenvalue weighted by Crippen LogP contribution is -2.31. The quantitative estimate of drug-likeness (QED) is 0.910. The van der Waals surface area contributed by atoms with E-state index >= 15 is 0 Å². The second-order valence-electron chi connectivity index (χ2n) is 6.32. The predicted molar refractivity (Wildman–Crippen MR) is 88.3 cm³/mol. The van der Waals surface area contributed by atoms with Gasteiger partial charge in [0, 0.05) is 30.9 Å². The first-order valence-electron chi connectivity index (χ1n) is 8.31. The third-order valence-corrected chi connectivity index (χ3v) is 6.03. The molecule has 1 aromatic rings. The molecule has 22 heavy (non-hydrogen) atoms. The summed E-state index contributed by atoms with van der Waals surface area (Å²) in [6.07, 6.45) is 7.30. The van der Waals surface area contributed by atoms with Crippen LogP contribution >= 0.6 is 11.3 Å². The first kappa shape index (κ1) is 15.5. The lowest BCUT2D eigenvalue weighted by Gasteiger charge is -2.20. The first-order chi connectivity index (χ1) is 10.7. The summed E-state index contributed by atoms with van der Waals surface area (Å²) >= 11 is 1.64.